The van der Waals surface area contributed by atoms with Crippen molar-refractivity contribution in [2.75, 3.05) is 20.3 Å². The van der Waals surface area contributed by atoms with Crippen molar-refractivity contribution in [1.29, 1.82) is 0 Å². The molecule has 0 fully saturated rings. The number of rotatable bonds is 9. The highest BCUT2D eigenvalue weighted by atomic mass is 16.5. The van der Waals surface area contributed by atoms with Gasteiger partial charge in [0.05, 0.1) is 13.7 Å². The average Bonchev–Trinajstić information content (AvgIpc) is 2.58. The molecule has 0 radical (unpaired) electrons. The molecule has 0 unspecified atom stereocenters. The fraction of sp³-hybridized carbons (Fsp3) is 0.444. The van der Waals surface area contributed by atoms with E-state index < -0.39 is 6.04 Å². The fourth-order valence-corrected chi connectivity index (χ4v) is 1.95. The van der Waals surface area contributed by atoms with Crippen molar-refractivity contribution in [1.82, 2.24) is 10.6 Å². The second-order valence-electron chi connectivity index (χ2n) is 5.22. The lowest BCUT2D eigenvalue weighted by Gasteiger charge is -2.12. The third-order valence-electron chi connectivity index (χ3n) is 3.18. The molecule has 2 N–H and O–H groups in total. The zero-order valence-corrected chi connectivity index (χ0v) is 14.7. The molecular formula is C18H26N2O4. The highest BCUT2D eigenvalue weighted by Crippen LogP contribution is 2.28. The molecule has 132 valence electrons. The van der Waals surface area contributed by atoms with Crippen molar-refractivity contribution in [2.45, 2.75) is 33.2 Å². The van der Waals surface area contributed by atoms with E-state index in [1.54, 1.807) is 26.2 Å². The molecule has 0 aliphatic rings. The molecule has 6 heteroatoms. The fourth-order valence-electron chi connectivity index (χ4n) is 1.95. The highest BCUT2D eigenvalue weighted by Gasteiger charge is 2.12. The third kappa shape index (κ3) is 6.32. The van der Waals surface area contributed by atoms with Crippen LogP contribution >= 0.6 is 0 Å². The summed E-state index contributed by atoms with van der Waals surface area (Å²) in [6, 6.07) is 4.86. The van der Waals surface area contributed by atoms with Gasteiger partial charge in [-0.2, -0.15) is 0 Å². The van der Waals surface area contributed by atoms with Gasteiger partial charge in [-0.05, 0) is 44.0 Å². The first-order valence-corrected chi connectivity index (χ1v) is 8.08. The Morgan fingerprint density at radius 2 is 2.00 bits per heavy atom. The second kappa shape index (κ2) is 10.3. The van der Waals surface area contributed by atoms with Crippen molar-refractivity contribution in [3.05, 3.63) is 29.8 Å². The lowest BCUT2D eigenvalue weighted by Crippen LogP contribution is -2.44. The summed E-state index contributed by atoms with van der Waals surface area (Å²) in [5, 5.41) is 5.26. The molecule has 0 bridgehead atoms. The summed E-state index contributed by atoms with van der Waals surface area (Å²) in [5.74, 6) is 0.741. The number of nitrogens with one attached hydrogen (secondary N) is 2. The number of carbonyl (C=O) groups is 2. The molecule has 0 spiro atoms. The molecule has 0 aliphatic heterocycles. The second-order valence-corrected chi connectivity index (χ2v) is 5.22. The normalized spacial score (nSPS) is 11.8. The number of hydrogen-bond donors (Lipinski definition) is 2. The zero-order valence-electron chi connectivity index (χ0n) is 14.7. The van der Waals surface area contributed by atoms with Crippen LogP contribution in [0.1, 0.15) is 32.8 Å². The number of carbonyl (C=O) groups excluding carboxylic acids is 2. The first-order valence-electron chi connectivity index (χ1n) is 8.08. The van der Waals surface area contributed by atoms with Crippen molar-refractivity contribution < 1.29 is 19.1 Å². The molecular weight excluding hydrogens is 308 g/mol. The molecule has 2 amide bonds. The SMILES string of the molecule is CCCOc1ccc(/C=C/C(=O)N[C@H](C)C(=O)NCC)cc1OC. The molecule has 6 nitrogen and oxygen atoms in total. The maximum absolute atomic E-state index is 11.9. The smallest absolute Gasteiger partial charge is 0.244 e. The summed E-state index contributed by atoms with van der Waals surface area (Å²) in [5.41, 5.74) is 0.802. The molecule has 1 atom stereocenters. The molecule has 1 aromatic rings. The molecule has 1 rings (SSSR count). The van der Waals surface area contributed by atoms with Gasteiger partial charge >= 0.3 is 0 Å². The van der Waals surface area contributed by atoms with Gasteiger partial charge in [0.25, 0.3) is 0 Å². The van der Waals surface area contributed by atoms with Gasteiger partial charge in [0.15, 0.2) is 11.5 Å². The minimum atomic E-state index is -0.582. The summed E-state index contributed by atoms with van der Waals surface area (Å²) < 4.78 is 10.9. The third-order valence-corrected chi connectivity index (χ3v) is 3.18. The molecule has 24 heavy (non-hydrogen) atoms. The van der Waals surface area contributed by atoms with E-state index in [1.165, 1.54) is 6.08 Å². The summed E-state index contributed by atoms with van der Waals surface area (Å²) in [4.78, 5) is 23.4. The van der Waals surface area contributed by atoms with Gasteiger partial charge in [-0.3, -0.25) is 9.59 Å². The largest absolute Gasteiger partial charge is 0.493 e. The Hall–Kier alpha value is -2.50. The van der Waals surface area contributed by atoms with Crippen molar-refractivity contribution in [3.63, 3.8) is 0 Å². The summed E-state index contributed by atoms with van der Waals surface area (Å²) in [7, 11) is 1.57. The Kier molecular flexibility index (Phi) is 8.39. The standard InChI is InChI=1S/C18H26N2O4/c1-5-11-24-15-9-7-14(12-16(15)23-4)8-10-17(21)20-13(3)18(22)19-6-2/h7-10,12-13H,5-6,11H2,1-4H3,(H,19,22)(H,20,21)/b10-8+/t13-/m1/s1. The Balaban J connectivity index is 2.69. The average molecular weight is 334 g/mol. The summed E-state index contributed by atoms with van der Waals surface area (Å²) in [6.45, 7) is 6.64. The number of methoxy groups -OCH3 is 1. The number of likely N-dealkylation sites (N-methyl/N-ethyl adjacent to an activating group) is 1. The van der Waals surface area contributed by atoms with Crippen molar-refractivity contribution in [3.8, 4) is 11.5 Å². The maximum atomic E-state index is 11.9. The van der Waals surface area contributed by atoms with Crippen LogP contribution < -0.4 is 20.1 Å². The van der Waals surface area contributed by atoms with E-state index in [2.05, 4.69) is 10.6 Å². The van der Waals surface area contributed by atoms with E-state index >= 15 is 0 Å². The Morgan fingerprint density at radius 1 is 1.25 bits per heavy atom. The first-order chi connectivity index (χ1) is 11.5. The van der Waals surface area contributed by atoms with Gasteiger partial charge in [-0.25, -0.2) is 0 Å². The van der Waals surface area contributed by atoms with Crippen LogP contribution in [-0.2, 0) is 9.59 Å². The molecule has 0 saturated heterocycles. The minimum Gasteiger partial charge on any atom is -0.493 e. The monoisotopic (exact) mass is 334 g/mol. The van der Waals surface area contributed by atoms with Crippen LogP contribution in [-0.4, -0.2) is 38.1 Å². The van der Waals surface area contributed by atoms with E-state index in [0.29, 0.717) is 24.7 Å². The molecule has 0 aliphatic carbocycles. The Labute approximate surface area is 143 Å². The number of benzene rings is 1. The first kappa shape index (κ1) is 19.5. The number of amides is 2. The minimum absolute atomic E-state index is 0.210. The van der Waals surface area contributed by atoms with Gasteiger partial charge in [-0.1, -0.05) is 13.0 Å². The van der Waals surface area contributed by atoms with E-state index in [9.17, 15) is 9.59 Å². The maximum Gasteiger partial charge on any atom is 0.244 e. The quantitative estimate of drug-likeness (QED) is 0.678. The molecule has 0 saturated carbocycles. The van der Waals surface area contributed by atoms with Crippen LogP contribution in [0.15, 0.2) is 24.3 Å². The van der Waals surface area contributed by atoms with Crippen LogP contribution in [0.5, 0.6) is 11.5 Å². The van der Waals surface area contributed by atoms with E-state index in [4.69, 9.17) is 9.47 Å². The van der Waals surface area contributed by atoms with Crippen molar-refractivity contribution >= 4 is 17.9 Å². The Morgan fingerprint density at radius 3 is 2.62 bits per heavy atom. The number of ether oxygens (including phenoxy) is 2. The van der Waals surface area contributed by atoms with Crippen LogP contribution in [0.25, 0.3) is 6.08 Å². The molecule has 0 heterocycles. The molecule has 1 aromatic carbocycles. The lowest BCUT2D eigenvalue weighted by atomic mass is 10.2. The highest BCUT2D eigenvalue weighted by molar-refractivity contribution is 5.95. The van der Waals surface area contributed by atoms with Crippen LogP contribution in [0.2, 0.25) is 0 Å². The van der Waals surface area contributed by atoms with Gasteiger partial charge in [0.2, 0.25) is 11.8 Å². The van der Waals surface area contributed by atoms with Crippen molar-refractivity contribution in [2.24, 2.45) is 0 Å². The van der Waals surface area contributed by atoms with Crippen LogP contribution in [0.4, 0.5) is 0 Å². The van der Waals surface area contributed by atoms with E-state index in [0.717, 1.165) is 12.0 Å². The van der Waals surface area contributed by atoms with Gasteiger partial charge < -0.3 is 20.1 Å². The van der Waals surface area contributed by atoms with Gasteiger partial charge in [0.1, 0.15) is 6.04 Å². The van der Waals surface area contributed by atoms with Crippen LogP contribution in [0.3, 0.4) is 0 Å². The van der Waals surface area contributed by atoms with Crippen LogP contribution in [0, 0.1) is 0 Å². The summed E-state index contributed by atoms with van der Waals surface area (Å²) >= 11 is 0. The number of hydrogen-bond acceptors (Lipinski definition) is 4. The van der Waals surface area contributed by atoms with Gasteiger partial charge in [0, 0.05) is 12.6 Å². The predicted molar refractivity (Wildman–Crippen MR) is 94.1 cm³/mol. The van der Waals surface area contributed by atoms with E-state index in [-0.39, 0.29) is 11.8 Å². The molecule has 0 aromatic heterocycles. The Bertz CT molecular complexity index is 584. The zero-order chi connectivity index (χ0) is 17.9. The topological polar surface area (TPSA) is 76.7 Å². The summed E-state index contributed by atoms with van der Waals surface area (Å²) in [6.07, 6.45) is 3.96. The predicted octanol–water partition coefficient (Wildman–Crippen LogP) is 2.14. The lowest BCUT2D eigenvalue weighted by molar-refractivity contribution is -0.126. The van der Waals surface area contributed by atoms with E-state index in [1.807, 2.05) is 26.0 Å². The van der Waals surface area contributed by atoms with Gasteiger partial charge in [-0.15, -0.1) is 0 Å².